The lowest BCUT2D eigenvalue weighted by Gasteiger charge is -2.27. The molecule has 0 spiro atoms. The molecule has 3 atom stereocenters. The van der Waals surface area contributed by atoms with Crippen molar-refractivity contribution in [2.45, 2.75) is 49.5 Å². The number of carbonyl (C=O) groups is 1. The molecule has 1 saturated heterocycles. The second-order valence-corrected chi connectivity index (χ2v) is 11.6. The normalized spacial score (nSPS) is 20.4. The van der Waals surface area contributed by atoms with Crippen LogP contribution in [-0.2, 0) is 21.2 Å². The lowest BCUT2D eigenvalue weighted by Crippen LogP contribution is -2.38. The largest absolute Gasteiger partial charge is 0.379 e. The Morgan fingerprint density at radius 3 is 2.53 bits per heavy atom. The van der Waals surface area contributed by atoms with Crippen molar-refractivity contribution in [3.8, 4) is 0 Å². The van der Waals surface area contributed by atoms with E-state index in [9.17, 15) is 27.1 Å². The quantitative estimate of drug-likeness (QED) is 0.487. The number of fused-ring (bicyclic) bond motifs is 1. The molecule has 2 N–H and O–H groups in total. The van der Waals surface area contributed by atoms with Gasteiger partial charge in [-0.1, -0.05) is 12.1 Å². The maximum Gasteiger partial charge on any atom is 0.246 e. The number of benzene rings is 2. The van der Waals surface area contributed by atoms with Crippen molar-refractivity contribution >= 4 is 27.4 Å². The predicted octanol–water partition coefficient (Wildman–Crippen LogP) is 3.33. The summed E-state index contributed by atoms with van der Waals surface area (Å²) in [5, 5.41) is 13.1. The second kappa shape index (κ2) is 10.0. The molecule has 1 amide bonds. The van der Waals surface area contributed by atoms with Gasteiger partial charge in [0.2, 0.25) is 11.9 Å². The smallest absolute Gasteiger partial charge is 0.246 e. The van der Waals surface area contributed by atoms with Gasteiger partial charge in [0.05, 0.1) is 29.0 Å². The number of hydrogen-bond acceptors (Lipinski definition) is 8. The summed E-state index contributed by atoms with van der Waals surface area (Å²) in [6, 6.07) is 7.42. The molecular weight excluding hydrogens is 516 g/mol. The number of nitrogens with zero attached hydrogens (tertiary/aromatic N) is 4. The predicted molar refractivity (Wildman–Crippen MR) is 136 cm³/mol. The van der Waals surface area contributed by atoms with E-state index in [1.54, 1.807) is 24.0 Å². The number of sulfone groups is 1. The zero-order valence-corrected chi connectivity index (χ0v) is 21.6. The summed E-state index contributed by atoms with van der Waals surface area (Å²) in [5.74, 6) is -1.82. The maximum absolute atomic E-state index is 13.8. The van der Waals surface area contributed by atoms with Crippen molar-refractivity contribution in [1.29, 1.82) is 0 Å². The Labute approximate surface area is 219 Å². The lowest BCUT2D eigenvalue weighted by atomic mass is 10.0. The second-order valence-electron chi connectivity index (χ2n) is 9.63. The van der Waals surface area contributed by atoms with Gasteiger partial charge in [-0.2, -0.15) is 0 Å². The summed E-state index contributed by atoms with van der Waals surface area (Å²) in [6.07, 6.45) is 4.67. The van der Waals surface area contributed by atoms with Crippen molar-refractivity contribution in [2.24, 2.45) is 0 Å². The number of aliphatic hydroxyl groups is 1. The molecule has 200 valence electrons. The molecule has 0 radical (unpaired) electrons. The van der Waals surface area contributed by atoms with Crippen LogP contribution in [0.5, 0.6) is 0 Å². The molecule has 2 aromatic carbocycles. The molecule has 1 fully saturated rings. The first-order chi connectivity index (χ1) is 18.0. The summed E-state index contributed by atoms with van der Waals surface area (Å²) in [5.41, 5.74) is 2.24. The van der Waals surface area contributed by atoms with E-state index in [1.165, 1.54) is 30.6 Å². The monoisotopic (exact) mass is 543 g/mol. The minimum Gasteiger partial charge on any atom is -0.379 e. The molecule has 2 aliphatic rings. The Morgan fingerprint density at radius 2 is 1.87 bits per heavy atom. The van der Waals surface area contributed by atoms with E-state index in [0.29, 0.717) is 34.9 Å². The molecule has 3 heterocycles. The Balaban J connectivity index is 1.34. The van der Waals surface area contributed by atoms with Crippen LogP contribution >= 0.6 is 0 Å². The summed E-state index contributed by atoms with van der Waals surface area (Å²) < 4.78 is 51.1. The van der Waals surface area contributed by atoms with E-state index in [-0.39, 0.29) is 17.5 Å². The van der Waals surface area contributed by atoms with Crippen LogP contribution in [0.1, 0.15) is 48.5 Å². The van der Waals surface area contributed by atoms with E-state index in [0.717, 1.165) is 25.2 Å². The topological polar surface area (TPSA) is 116 Å². The van der Waals surface area contributed by atoms with Crippen LogP contribution in [0, 0.1) is 11.6 Å². The molecule has 0 bridgehead atoms. The van der Waals surface area contributed by atoms with Crippen LogP contribution in [0.15, 0.2) is 53.7 Å². The summed E-state index contributed by atoms with van der Waals surface area (Å²) in [4.78, 5) is 25.7. The fourth-order valence-corrected chi connectivity index (χ4v) is 5.81. The van der Waals surface area contributed by atoms with Gasteiger partial charge in [0, 0.05) is 19.3 Å². The average molecular weight is 544 g/mol. The van der Waals surface area contributed by atoms with Gasteiger partial charge in [-0.15, -0.1) is 0 Å². The molecular formula is C26H27F2N5O4S. The molecule has 2 unspecified atom stereocenters. The van der Waals surface area contributed by atoms with Gasteiger partial charge in [0.15, 0.2) is 21.5 Å². The van der Waals surface area contributed by atoms with E-state index in [2.05, 4.69) is 15.3 Å². The summed E-state index contributed by atoms with van der Waals surface area (Å²) >= 11 is 0. The average Bonchev–Trinajstić information content (AvgIpc) is 3.50. The molecule has 0 saturated carbocycles. The molecule has 2 aliphatic heterocycles. The van der Waals surface area contributed by atoms with Crippen LogP contribution in [0.25, 0.3) is 0 Å². The van der Waals surface area contributed by atoms with Gasteiger partial charge in [-0.3, -0.25) is 9.69 Å². The van der Waals surface area contributed by atoms with Gasteiger partial charge in [-0.05, 0) is 60.7 Å². The zero-order chi connectivity index (χ0) is 27.2. The standard InChI is InChI=1S/C26H27F2N5O4S/c1-15(34)33-14-17-10-19(38(2,36)37)6-7-20(17)24(33)25(35)31-18-12-29-26(30-13-18)32-9-3-4-23(32)16-5-8-21(27)22(28)11-16/h5-8,10-13,15,23-24,34H,3-4,9,14H2,1-2H3,(H,31,35)/t15?,23?,24-/m1/s1. The molecule has 12 heteroatoms. The lowest BCUT2D eigenvalue weighted by molar-refractivity contribution is -0.125. The van der Waals surface area contributed by atoms with Gasteiger partial charge < -0.3 is 15.3 Å². The minimum absolute atomic E-state index is 0.149. The first-order valence-electron chi connectivity index (χ1n) is 12.1. The fourth-order valence-electron chi connectivity index (χ4n) is 5.14. The van der Waals surface area contributed by atoms with Crippen molar-refractivity contribution in [2.75, 3.05) is 23.0 Å². The van der Waals surface area contributed by atoms with Crippen LogP contribution < -0.4 is 10.2 Å². The Kier molecular flexibility index (Phi) is 6.88. The van der Waals surface area contributed by atoms with E-state index >= 15 is 0 Å². The van der Waals surface area contributed by atoms with Crippen molar-refractivity contribution in [1.82, 2.24) is 14.9 Å². The Morgan fingerprint density at radius 1 is 1.13 bits per heavy atom. The molecule has 9 nitrogen and oxygen atoms in total. The molecule has 5 rings (SSSR count). The third-order valence-electron chi connectivity index (χ3n) is 6.99. The van der Waals surface area contributed by atoms with Crippen molar-refractivity contribution in [3.63, 3.8) is 0 Å². The van der Waals surface area contributed by atoms with E-state index in [4.69, 9.17) is 0 Å². The summed E-state index contributed by atoms with van der Waals surface area (Å²) in [6.45, 7) is 2.40. The van der Waals surface area contributed by atoms with E-state index < -0.39 is 39.6 Å². The van der Waals surface area contributed by atoms with Crippen LogP contribution in [-0.4, -0.2) is 53.3 Å². The van der Waals surface area contributed by atoms with Gasteiger partial charge in [0.1, 0.15) is 12.3 Å². The molecule has 3 aromatic rings. The van der Waals surface area contributed by atoms with Gasteiger partial charge >= 0.3 is 0 Å². The number of hydrogen-bond donors (Lipinski definition) is 2. The number of aromatic nitrogens is 2. The van der Waals surface area contributed by atoms with Crippen LogP contribution in [0.3, 0.4) is 0 Å². The Bertz CT molecular complexity index is 1480. The maximum atomic E-state index is 13.8. The van der Waals surface area contributed by atoms with Crippen molar-refractivity contribution < 1.29 is 27.1 Å². The Hall–Kier alpha value is -3.48. The van der Waals surface area contributed by atoms with Gasteiger partial charge in [0.25, 0.3) is 0 Å². The first-order valence-corrected chi connectivity index (χ1v) is 14.0. The SMILES string of the molecule is CC(O)N1Cc2cc(S(C)(=O)=O)ccc2[C@@H]1C(=O)Nc1cnc(N2CCCC2c2ccc(F)c(F)c2)nc1. The number of nitrogens with one attached hydrogen (secondary N) is 1. The summed E-state index contributed by atoms with van der Waals surface area (Å²) in [7, 11) is -3.42. The number of halogens is 2. The van der Waals surface area contributed by atoms with Crippen LogP contribution in [0.4, 0.5) is 20.4 Å². The number of carbonyl (C=O) groups excluding carboxylic acids is 1. The van der Waals surface area contributed by atoms with Crippen LogP contribution in [0.2, 0.25) is 0 Å². The van der Waals surface area contributed by atoms with Gasteiger partial charge in [-0.25, -0.2) is 27.2 Å². The fraction of sp³-hybridized carbons (Fsp3) is 0.346. The third-order valence-corrected chi connectivity index (χ3v) is 8.10. The zero-order valence-electron chi connectivity index (χ0n) is 20.8. The molecule has 0 aliphatic carbocycles. The molecule has 38 heavy (non-hydrogen) atoms. The molecule has 1 aromatic heterocycles. The highest BCUT2D eigenvalue weighted by Gasteiger charge is 2.38. The highest BCUT2D eigenvalue weighted by atomic mass is 32.2. The third kappa shape index (κ3) is 4.98. The highest BCUT2D eigenvalue weighted by molar-refractivity contribution is 7.90. The first kappa shape index (κ1) is 26.1. The number of anilines is 2. The van der Waals surface area contributed by atoms with E-state index in [1.807, 2.05) is 4.90 Å². The number of amides is 1. The van der Waals surface area contributed by atoms with Crippen molar-refractivity contribution in [3.05, 3.63) is 77.1 Å². The highest BCUT2D eigenvalue weighted by Crippen LogP contribution is 2.38. The number of rotatable bonds is 6. The minimum atomic E-state index is -3.42. The number of aliphatic hydroxyl groups excluding tert-OH is 1.